The van der Waals surface area contributed by atoms with Gasteiger partial charge in [0.1, 0.15) is 0 Å². The highest BCUT2D eigenvalue weighted by atomic mass is 35.5. The monoisotopic (exact) mass is 336 g/mol. The maximum absolute atomic E-state index is 12.4. The Bertz CT molecular complexity index is 443. The van der Waals surface area contributed by atoms with Crippen LogP contribution in [0, 0.1) is 5.41 Å². The number of halogens is 2. The number of carbonyl (C=O) groups is 1. The van der Waals surface area contributed by atoms with Crippen LogP contribution in [0.1, 0.15) is 26.7 Å². The molecule has 0 spiro atoms. The van der Waals surface area contributed by atoms with Crippen LogP contribution in [-0.2, 0) is 4.79 Å². The molecule has 0 radical (unpaired) electrons. The van der Waals surface area contributed by atoms with Crippen LogP contribution in [0.15, 0.2) is 23.1 Å². The summed E-state index contributed by atoms with van der Waals surface area (Å²) in [5.41, 5.74) is 5.99. The third kappa shape index (κ3) is 4.29. The van der Waals surface area contributed by atoms with Gasteiger partial charge in [-0.3, -0.25) is 4.79 Å². The van der Waals surface area contributed by atoms with E-state index in [1.54, 1.807) is 17.8 Å². The van der Waals surface area contributed by atoms with Gasteiger partial charge in [0.05, 0.1) is 10.4 Å². The molecule has 1 aromatic carbocycles. The molecule has 20 heavy (non-hydrogen) atoms. The van der Waals surface area contributed by atoms with E-state index in [4.69, 9.17) is 17.3 Å². The van der Waals surface area contributed by atoms with Gasteiger partial charge in [-0.2, -0.15) is 0 Å². The zero-order valence-electron chi connectivity index (χ0n) is 12.0. The molecular formula is C14H22Cl2N2OS. The van der Waals surface area contributed by atoms with E-state index in [1.165, 1.54) is 0 Å². The van der Waals surface area contributed by atoms with Crippen molar-refractivity contribution in [3.8, 4) is 0 Å². The zero-order valence-corrected chi connectivity index (χ0v) is 14.4. The number of hydrogen-bond acceptors (Lipinski definition) is 3. The van der Waals surface area contributed by atoms with Crippen molar-refractivity contribution in [1.82, 2.24) is 0 Å². The molecule has 0 aliphatic carbocycles. The average Bonchev–Trinajstić information content (AvgIpc) is 2.41. The first-order valence-electron chi connectivity index (χ1n) is 6.38. The third-order valence-electron chi connectivity index (χ3n) is 3.64. The van der Waals surface area contributed by atoms with E-state index in [-0.39, 0.29) is 18.3 Å². The molecule has 1 aromatic rings. The fraction of sp³-hybridized carbons (Fsp3) is 0.500. The number of amides is 1. The standard InChI is InChI=1S/C14H21ClN2OS.ClH/c1-4-14(5-2,9-16)13(18)17-10-6-7-12(19-3)11(15)8-10;/h6-8H,4-5,9,16H2,1-3H3,(H,17,18);1H. The summed E-state index contributed by atoms with van der Waals surface area (Å²) < 4.78 is 0. The van der Waals surface area contributed by atoms with Gasteiger partial charge in [0, 0.05) is 17.1 Å². The highest BCUT2D eigenvalue weighted by Gasteiger charge is 2.33. The van der Waals surface area contributed by atoms with Crippen LogP contribution >= 0.6 is 35.8 Å². The quantitative estimate of drug-likeness (QED) is 0.766. The molecule has 3 N–H and O–H groups in total. The third-order valence-corrected chi connectivity index (χ3v) is 4.86. The van der Waals surface area contributed by atoms with E-state index in [2.05, 4.69) is 5.32 Å². The SMILES string of the molecule is CCC(CC)(CN)C(=O)Nc1ccc(SC)c(Cl)c1.Cl. The number of thioether (sulfide) groups is 1. The second-order valence-electron chi connectivity index (χ2n) is 4.50. The van der Waals surface area contributed by atoms with Crippen molar-refractivity contribution in [2.75, 3.05) is 18.1 Å². The first-order chi connectivity index (χ1) is 9.02. The lowest BCUT2D eigenvalue weighted by molar-refractivity contribution is -0.125. The number of hydrogen-bond donors (Lipinski definition) is 2. The van der Waals surface area contributed by atoms with E-state index in [9.17, 15) is 4.79 Å². The molecule has 0 heterocycles. The van der Waals surface area contributed by atoms with E-state index in [0.717, 1.165) is 17.7 Å². The second kappa shape index (κ2) is 8.78. The lowest BCUT2D eigenvalue weighted by Gasteiger charge is -2.28. The summed E-state index contributed by atoms with van der Waals surface area (Å²) in [4.78, 5) is 13.4. The number of anilines is 1. The van der Waals surface area contributed by atoms with Crippen molar-refractivity contribution < 1.29 is 4.79 Å². The lowest BCUT2D eigenvalue weighted by Crippen LogP contribution is -2.41. The number of nitrogens with one attached hydrogen (secondary N) is 1. The molecule has 114 valence electrons. The van der Waals surface area contributed by atoms with Crippen LogP contribution in [0.5, 0.6) is 0 Å². The summed E-state index contributed by atoms with van der Waals surface area (Å²) in [5, 5.41) is 3.56. The van der Waals surface area contributed by atoms with Crippen molar-refractivity contribution >= 4 is 47.4 Å². The predicted molar refractivity (Wildman–Crippen MR) is 91.2 cm³/mol. The summed E-state index contributed by atoms with van der Waals surface area (Å²) in [5.74, 6) is -0.0343. The molecule has 1 rings (SSSR count). The molecule has 6 heteroatoms. The Morgan fingerprint density at radius 2 is 2.00 bits per heavy atom. The van der Waals surface area contributed by atoms with Crippen molar-refractivity contribution in [2.24, 2.45) is 11.1 Å². The first-order valence-corrected chi connectivity index (χ1v) is 7.98. The molecule has 0 aliphatic heterocycles. The summed E-state index contributed by atoms with van der Waals surface area (Å²) in [6.45, 7) is 4.32. The molecule has 3 nitrogen and oxygen atoms in total. The van der Waals surface area contributed by atoms with Crippen LogP contribution in [0.4, 0.5) is 5.69 Å². The molecule has 0 aromatic heterocycles. The Hall–Kier alpha value is -0.420. The van der Waals surface area contributed by atoms with Gasteiger partial charge in [-0.25, -0.2) is 0 Å². The number of rotatable bonds is 6. The summed E-state index contributed by atoms with van der Waals surface area (Å²) in [6.07, 6.45) is 3.41. The number of nitrogens with two attached hydrogens (primary N) is 1. The van der Waals surface area contributed by atoms with Gasteiger partial charge in [0.2, 0.25) is 5.91 Å². The van der Waals surface area contributed by atoms with Gasteiger partial charge in [-0.05, 0) is 37.3 Å². The maximum Gasteiger partial charge on any atom is 0.231 e. The van der Waals surface area contributed by atoms with Gasteiger partial charge in [-0.1, -0.05) is 25.4 Å². The second-order valence-corrected chi connectivity index (χ2v) is 5.75. The molecule has 0 saturated heterocycles. The Balaban J connectivity index is 0.00000361. The maximum atomic E-state index is 12.4. The summed E-state index contributed by atoms with van der Waals surface area (Å²) in [7, 11) is 0. The van der Waals surface area contributed by atoms with Gasteiger partial charge < -0.3 is 11.1 Å². The van der Waals surface area contributed by atoms with E-state index in [0.29, 0.717) is 17.3 Å². The van der Waals surface area contributed by atoms with Crippen LogP contribution < -0.4 is 11.1 Å². The van der Waals surface area contributed by atoms with E-state index >= 15 is 0 Å². The Morgan fingerprint density at radius 3 is 2.40 bits per heavy atom. The van der Waals surface area contributed by atoms with Crippen LogP contribution in [0.3, 0.4) is 0 Å². The predicted octanol–water partition coefficient (Wildman–Crippen LogP) is 4.19. The highest BCUT2D eigenvalue weighted by molar-refractivity contribution is 7.98. The molecular weight excluding hydrogens is 315 g/mol. The molecule has 0 bridgehead atoms. The first kappa shape index (κ1) is 19.6. The normalized spacial score (nSPS) is 10.8. The van der Waals surface area contributed by atoms with Crippen molar-refractivity contribution in [1.29, 1.82) is 0 Å². The fourth-order valence-electron chi connectivity index (χ4n) is 1.96. The minimum Gasteiger partial charge on any atom is -0.329 e. The Labute approximate surface area is 136 Å². The minimum atomic E-state index is -0.495. The molecule has 0 aliphatic rings. The topological polar surface area (TPSA) is 55.1 Å². The van der Waals surface area contributed by atoms with Crippen molar-refractivity contribution in [2.45, 2.75) is 31.6 Å². The highest BCUT2D eigenvalue weighted by Crippen LogP contribution is 2.30. The lowest BCUT2D eigenvalue weighted by atomic mass is 9.81. The summed E-state index contributed by atoms with van der Waals surface area (Å²) in [6, 6.07) is 5.55. The largest absolute Gasteiger partial charge is 0.329 e. The van der Waals surface area contributed by atoms with Gasteiger partial charge in [0.15, 0.2) is 0 Å². The minimum absolute atomic E-state index is 0. The smallest absolute Gasteiger partial charge is 0.231 e. The molecule has 0 saturated carbocycles. The van der Waals surface area contributed by atoms with E-state index < -0.39 is 5.41 Å². The molecule has 0 atom stereocenters. The fourth-order valence-corrected chi connectivity index (χ4v) is 2.83. The Kier molecular flexibility index (Phi) is 8.59. The van der Waals surface area contributed by atoms with Crippen LogP contribution in [0.25, 0.3) is 0 Å². The van der Waals surface area contributed by atoms with E-state index in [1.807, 2.05) is 32.2 Å². The average molecular weight is 337 g/mol. The molecule has 0 unspecified atom stereocenters. The van der Waals surface area contributed by atoms with Gasteiger partial charge in [-0.15, -0.1) is 24.2 Å². The van der Waals surface area contributed by atoms with Crippen LogP contribution in [-0.4, -0.2) is 18.7 Å². The van der Waals surface area contributed by atoms with Crippen molar-refractivity contribution in [3.63, 3.8) is 0 Å². The number of benzene rings is 1. The van der Waals surface area contributed by atoms with Crippen molar-refractivity contribution in [3.05, 3.63) is 23.2 Å². The van der Waals surface area contributed by atoms with Gasteiger partial charge in [0.25, 0.3) is 0 Å². The molecule has 0 fully saturated rings. The zero-order chi connectivity index (χ0) is 14.5. The Morgan fingerprint density at radius 1 is 1.40 bits per heavy atom. The number of carbonyl (C=O) groups excluding carboxylic acids is 1. The summed E-state index contributed by atoms with van der Waals surface area (Å²) >= 11 is 7.71. The van der Waals surface area contributed by atoms with Gasteiger partial charge >= 0.3 is 0 Å². The van der Waals surface area contributed by atoms with Crippen LogP contribution in [0.2, 0.25) is 5.02 Å². The molecule has 1 amide bonds.